The molecule has 0 saturated carbocycles. The standard InChI is InChI=1S/C29H27ClF6N2O/c30-24-8-6-19(7-9-24)10-12-37-25-11-13-38(26(18-25)14-20-4-2-1-3-5-20)27(39)21-15-22(28(31,32)33)17-23(16-21)29(34,35)36/h1-9,15-17,25-26,37H,10-14,18H2/t25-,26+/m0/s1. The number of likely N-dealkylation sites (tertiary alicyclic amines) is 1. The van der Waals surface area contributed by atoms with Crippen molar-refractivity contribution in [3.05, 3.63) is 106 Å². The first kappa shape index (κ1) is 29.0. The Morgan fingerprint density at radius 3 is 2.08 bits per heavy atom. The molecule has 0 unspecified atom stereocenters. The number of nitrogens with zero attached hydrogens (tertiary/aromatic N) is 1. The van der Waals surface area contributed by atoms with Crippen molar-refractivity contribution in [1.82, 2.24) is 10.2 Å². The molecule has 0 bridgehead atoms. The molecule has 0 radical (unpaired) electrons. The van der Waals surface area contributed by atoms with Gasteiger partial charge in [0, 0.05) is 29.2 Å². The zero-order chi connectivity index (χ0) is 28.2. The van der Waals surface area contributed by atoms with Gasteiger partial charge in [0.1, 0.15) is 0 Å². The van der Waals surface area contributed by atoms with E-state index in [0.29, 0.717) is 43.0 Å². The van der Waals surface area contributed by atoms with E-state index in [4.69, 9.17) is 11.6 Å². The second-order valence-corrected chi connectivity index (χ2v) is 10.1. The summed E-state index contributed by atoms with van der Waals surface area (Å²) in [5.74, 6) is -0.841. The summed E-state index contributed by atoms with van der Waals surface area (Å²) < 4.78 is 80.5. The SMILES string of the molecule is O=C(c1cc(C(F)(F)F)cc(C(F)(F)F)c1)N1CC[C@H](NCCc2ccc(Cl)cc2)C[C@H]1Cc1ccccc1. The number of rotatable bonds is 7. The van der Waals surface area contributed by atoms with Crippen LogP contribution in [0.4, 0.5) is 26.3 Å². The molecule has 0 aliphatic carbocycles. The highest BCUT2D eigenvalue weighted by atomic mass is 35.5. The number of carbonyl (C=O) groups excluding carboxylic acids is 1. The van der Waals surface area contributed by atoms with Gasteiger partial charge in [-0.3, -0.25) is 4.79 Å². The molecule has 1 fully saturated rings. The highest BCUT2D eigenvalue weighted by Crippen LogP contribution is 2.37. The number of benzene rings is 3. The third kappa shape index (κ3) is 7.76. The Morgan fingerprint density at radius 2 is 1.49 bits per heavy atom. The Hall–Kier alpha value is -3.04. The fraction of sp³-hybridized carbons (Fsp3) is 0.345. The molecule has 0 aromatic heterocycles. The van der Waals surface area contributed by atoms with Gasteiger partial charge in [-0.1, -0.05) is 54.1 Å². The van der Waals surface area contributed by atoms with Crippen LogP contribution in [0.2, 0.25) is 5.02 Å². The van der Waals surface area contributed by atoms with Gasteiger partial charge in [-0.25, -0.2) is 0 Å². The predicted octanol–water partition coefficient (Wildman–Crippen LogP) is 7.43. The second kappa shape index (κ2) is 12.0. The van der Waals surface area contributed by atoms with Gasteiger partial charge in [0.15, 0.2) is 0 Å². The topological polar surface area (TPSA) is 32.3 Å². The molecular weight excluding hydrogens is 542 g/mol. The van der Waals surface area contributed by atoms with Crippen LogP contribution in [0.5, 0.6) is 0 Å². The fourth-order valence-electron chi connectivity index (χ4n) is 4.90. The van der Waals surface area contributed by atoms with Crippen LogP contribution in [0.25, 0.3) is 0 Å². The zero-order valence-corrected chi connectivity index (χ0v) is 21.6. The molecule has 1 N–H and O–H groups in total. The van der Waals surface area contributed by atoms with Gasteiger partial charge < -0.3 is 10.2 Å². The molecule has 3 aromatic carbocycles. The molecule has 1 saturated heterocycles. The summed E-state index contributed by atoms with van der Waals surface area (Å²) >= 11 is 5.94. The zero-order valence-electron chi connectivity index (χ0n) is 20.8. The Morgan fingerprint density at radius 1 is 0.872 bits per heavy atom. The lowest BCUT2D eigenvalue weighted by Crippen LogP contribution is -2.52. The van der Waals surface area contributed by atoms with E-state index in [0.717, 1.165) is 17.5 Å². The minimum absolute atomic E-state index is 0.0299. The summed E-state index contributed by atoms with van der Waals surface area (Å²) in [6.45, 7) is 0.868. The van der Waals surface area contributed by atoms with Crippen molar-refractivity contribution in [2.24, 2.45) is 0 Å². The van der Waals surface area contributed by atoms with Gasteiger partial charge >= 0.3 is 12.4 Å². The number of piperidine rings is 1. The van der Waals surface area contributed by atoms with Gasteiger partial charge in [-0.05, 0) is 73.7 Å². The van der Waals surface area contributed by atoms with Crippen LogP contribution in [-0.4, -0.2) is 36.0 Å². The van der Waals surface area contributed by atoms with Crippen LogP contribution in [0.3, 0.4) is 0 Å². The number of carbonyl (C=O) groups is 1. The minimum Gasteiger partial charge on any atom is -0.335 e. The highest BCUT2D eigenvalue weighted by Gasteiger charge is 2.39. The largest absolute Gasteiger partial charge is 0.416 e. The van der Waals surface area contributed by atoms with Gasteiger partial charge in [-0.15, -0.1) is 0 Å². The molecular formula is C29H27ClF6N2O. The average molecular weight is 569 g/mol. The predicted molar refractivity (Wildman–Crippen MR) is 138 cm³/mol. The summed E-state index contributed by atoms with van der Waals surface area (Å²) in [7, 11) is 0. The Balaban J connectivity index is 1.54. The van der Waals surface area contributed by atoms with Crippen molar-refractivity contribution < 1.29 is 31.1 Å². The molecule has 1 aliphatic heterocycles. The summed E-state index contributed by atoms with van der Waals surface area (Å²) in [6.07, 6.45) is -7.85. The third-order valence-corrected chi connectivity index (χ3v) is 7.14. The molecule has 2 atom stereocenters. The van der Waals surface area contributed by atoms with Crippen molar-refractivity contribution in [3.63, 3.8) is 0 Å². The molecule has 208 valence electrons. The maximum atomic E-state index is 13.5. The maximum Gasteiger partial charge on any atom is 0.416 e. The van der Waals surface area contributed by atoms with Crippen LogP contribution in [-0.2, 0) is 25.2 Å². The fourth-order valence-corrected chi connectivity index (χ4v) is 5.03. The number of nitrogens with one attached hydrogen (secondary N) is 1. The van der Waals surface area contributed by atoms with Crippen molar-refractivity contribution in [1.29, 1.82) is 0 Å². The van der Waals surface area contributed by atoms with E-state index in [-0.39, 0.29) is 18.7 Å². The first-order valence-electron chi connectivity index (χ1n) is 12.5. The molecule has 1 heterocycles. The lowest BCUT2D eigenvalue weighted by molar-refractivity contribution is -0.143. The van der Waals surface area contributed by atoms with Crippen molar-refractivity contribution in [3.8, 4) is 0 Å². The summed E-state index contributed by atoms with van der Waals surface area (Å²) in [5.41, 5.74) is -1.60. The maximum absolute atomic E-state index is 13.5. The first-order valence-corrected chi connectivity index (χ1v) is 12.9. The van der Waals surface area contributed by atoms with Crippen LogP contribution >= 0.6 is 11.6 Å². The van der Waals surface area contributed by atoms with E-state index < -0.39 is 41.0 Å². The van der Waals surface area contributed by atoms with Crippen LogP contribution in [0.1, 0.15) is 45.5 Å². The summed E-state index contributed by atoms with van der Waals surface area (Å²) in [6, 6.07) is 17.5. The number of amides is 1. The third-order valence-electron chi connectivity index (χ3n) is 6.89. The highest BCUT2D eigenvalue weighted by molar-refractivity contribution is 6.30. The molecule has 10 heteroatoms. The van der Waals surface area contributed by atoms with E-state index in [9.17, 15) is 31.1 Å². The van der Waals surface area contributed by atoms with Gasteiger partial charge in [0.05, 0.1) is 11.1 Å². The minimum atomic E-state index is -5.03. The van der Waals surface area contributed by atoms with Crippen molar-refractivity contribution >= 4 is 17.5 Å². The monoisotopic (exact) mass is 568 g/mol. The number of alkyl halides is 6. The number of hydrogen-bond acceptors (Lipinski definition) is 2. The molecule has 0 spiro atoms. The van der Waals surface area contributed by atoms with E-state index in [2.05, 4.69) is 5.32 Å². The summed E-state index contributed by atoms with van der Waals surface area (Å²) in [5, 5.41) is 4.14. The second-order valence-electron chi connectivity index (χ2n) is 9.69. The average Bonchev–Trinajstić information content (AvgIpc) is 2.89. The van der Waals surface area contributed by atoms with Crippen molar-refractivity contribution in [2.75, 3.05) is 13.1 Å². The molecule has 4 rings (SSSR count). The van der Waals surface area contributed by atoms with Gasteiger partial charge in [0.25, 0.3) is 5.91 Å². The smallest absolute Gasteiger partial charge is 0.335 e. The van der Waals surface area contributed by atoms with Gasteiger partial charge in [0.2, 0.25) is 0 Å². The molecule has 39 heavy (non-hydrogen) atoms. The van der Waals surface area contributed by atoms with E-state index in [1.54, 1.807) is 0 Å². The number of hydrogen-bond donors (Lipinski definition) is 1. The summed E-state index contributed by atoms with van der Waals surface area (Å²) in [4.78, 5) is 14.9. The normalized spacial score (nSPS) is 18.3. The first-order chi connectivity index (χ1) is 18.4. The van der Waals surface area contributed by atoms with Crippen molar-refractivity contribution in [2.45, 2.75) is 50.1 Å². The van der Waals surface area contributed by atoms with Gasteiger partial charge in [-0.2, -0.15) is 26.3 Å². The molecule has 3 nitrogen and oxygen atoms in total. The molecule has 1 amide bonds. The number of halogens is 7. The Bertz CT molecular complexity index is 1230. The lowest BCUT2D eigenvalue weighted by Gasteiger charge is -2.40. The lowest BCUT2D eigenvalue weighted by atomic mass is 9.91. The molecule has 3 aromatic rings. The Kier molecular flexibility index (Phi) is 8.91. The van der Waals surface area contributed by atoms with Crippen LogP contribution in [0, 0.1) is 0 Å². The Labute approximate surface area is 227 Å². The van der Waals surface area contributed by atoms with E-state index in [1.807, 2.05) is 54.6 Å². The quantitative estimate of drug-likeness (QED) is 0.301. The van der Waals surface area contributed by atoms with E-state index in [1.165, 1.54) is 4.90 Å². The molecule has 1 aliphatic rings. The van der Waals surface area contributed by atoms with Crippen LogP contribution < -0.4 is 5.32 Å². The van der Waals surface area contributed by atoms with E-state index >= 15 is 0 Å². The van der Waals surface area contributed by atoms with Crippen LogP contribution in [0.15, 0.2) is 72.8 Å².